The molecule has 0 saturated heterocycles. The molecular weight excluding hydrogens is 600 g/mol. The lowest BCUT2D eigenvalue weighted by Crippen LogP contribution is -2.01. The minimum absolute atomic E-state index is 0.299. The van der Waals surface area contributed by atoms with Gasteiger partial charge in [0.15, 0.2) is 46.0 Å². The molecule has 46 heavy (non-hydrogen) atoms. The number of hydrogen-bond donors (Lipinski definition) is 0. The fourth-order valence-corrected chi connectivity index (χ4v) is 4.65. The third kappa shape index (κ3) is 6.60. The zero-order valence-corrected chi connectivity index (χ0v) is 27.5. The Morgan fingerprint density at radius 3 is 0.630 bits per heavy atom. The van der Waals surface area contributed by atoms with Crippen molar-refractivity contribution in [3.05, 3.63) is 48.5 Å². The summed E-state index contributed by atoms with van der Waals surface area (Å²) in [4.78, 5) is 0. The highest BCUT2D eigenvalue weighted by molar-refractivity contribution is 5.76. The van der Waals surface area contributed by atoms with Crippen LogP contribution in [0, 0.1) is 0 Å². The topological polar surface area (TPSA) is 111 Å². The summed E-state index contributed by atoms with van der Waals surface area (Å²) < 4.78 is 68.7. The second-order valence-corrected chi connectivity index (χ2v) is 9.35. The molecule has 0 aliphatic rings. The van der Waals surface area contributed by atoms with Crippen LogP contribution in [0.1, 0.15) is 0 Å². The molecular formula is C34H38O12. The molecule has 0 N–H and O–H groups in total. The predicted octanol–water partition coefficient (Wildman–Crippen LogP) is 7.02. The van der Waals surface area contributed by atoms with E-state index in [0.29, 0.717) is 91.6 Å². The van der Waals surface area contributed by atoms with Crippen molar-refractivity contribution in [2.75, 3.05) is 71.1 Å². The molecule has 0 atom stereocenters. The summed E-state index contributed by atoms with van der Waals surface area (Å²) in [7, 11) is 15.3. The number of benzene rings is 4. The van der Waals surface area contributed by atoms with Crippen LogP contribution in [0.4, 0.5) is 0 Å². The van der Waals surface area contributed by atoms with Crippen LogP contribution in [-0.2, 0) is 0 Å². The molecule has 0 unspecified atom stereocenters. The number of methoxy groups -OCH3 is 10. The largest absolute Gasteiger partial charge is 0.496 e. The van der Waals surface area contributed by atoms with E-state index in [2.05, 4.69) is 0 Å². The lowest BCUT2D eigenvalue weighted by atomic mass is 10.0. The summed E-state index contributed by atoms with van der Waals surface area (Å²) in [5.74, 6) is 5.35. The predicted molar refractivity (Wildman–Crippen MR) is 170 cm³/mol. The fourth-order valence-electron chi connectivity index (χ4n) is 4.65. The van der Waals surface area contributed by atoms with Gasteiger partial charge in [-0.25, -0.2) is 0 Å². The van der Waals surface area contributed by atoms with Crippen molar-refractivity contribution in [2.24, 2.45) is 0 Å². The molecule has 0 radical (unpaired) electrons. The second-order valence-electron chi connectivity index (χ2n) is 9.35. The standard InChI is InChI=1S/C34H38O12/c1-35-21-15-27(41-7)33(28(16-21)42-8)45-31-23(37-3)11-19(12-24(31)38-4)20-13-25(39-5)32(26(14-20)40-6)46-34-29(43-9)17-22(36-2)18-30(34)44-10/h11-18H,1-10H3. The Labute approximate surface area is 268 Å². The quantitative estimate of drug-likeness (QED) is 0.133. The van der Waals surface area contributed by atoms with Crippen molar-refractivity contribution in [3.63, 3.8) is 0 Å². The van der Waals surface area contributed by atoms with E-state index in [4.69, 9.17) is 56.8 Å². The molecule has 12 heteroatoms. The van der Waals surface area contributed by atoms with E-state index in [9.17, 15) is 0 Å². The van der Waals surface area contributed by atoms with Crippen LogP contribution in [0.5, 0.6) is 80.5 Å². The van der Waals surface area contributed by atoms with Crippen molar-refractivity contribution in [1.82, 2.24) is 0 Å². The molecule has 0 amide bonds. The van der Waals surface area contributed by atoms with Crippen LogP contribution in [0.2, 0.25) is 0 Å². The minimum Gasteiger partial charge on any atom is -0.496 e. The highest BCUT2D eigenvalue weighted by Gasteiger charge is 2.25. The molecule has 0 aliphatic heterocycles. The van der Waals surface area contributed by atoms with E-state index in [1.165, 1.54) is 56.9 Å². The maximum absolute atomic E-state index is 6.33. The molecule has 0 spiro atoms. The van der Waals surface area contributed by atoms with E-state index >= 15 is 0 Å². The Bertz CT molecular complexity index is 1440. The zero-order valence-electron chi connectivity index (χ0n) is 27.5. The molecule has 0 bridgehead atoms. The third-order valence-electron chi connectivity index (χ3n) is 7.00. The molecule has 0 aliphatic carbocycles. The first-order valence-corrected chi connectivity index (χ1v) is 13.8. The first kappa shape index (κ1) is 33.4. The van der Waals surface area contributed by atoms with Gasteiger partial charge < -0.3 is 56.8 Å². The number of ether oxygens (including phenoxy) is 12. The Hall–Kier alpha value is -5.52. The van der Waals surface area contributed by atoms with Gasteiger partial charge in [-0.15, -0.1) is 0 Å². The maximum Gasteiger partial charge on any atom is 0.211 e. The van der Waals surface area contributed by atoms with Gasteiger partial charge in [0.2, 0.25) is 23.0 Å². The van der Waals surface area contributed by atoms with Gasteiger partial charge in [-0.05, 0) is 35.4 Å². The Balaban J connectivity index is 1.82. The van der Waals surface area contributed by atoms with Crippen molar-refractivity contribution >= 4 is 0 Å². The van der Waals surface area contributed by atoms with Gasteiger partial charge in [0.25, 0.3) is 0 Å². The van der Waals surface area contributed by atoms with Gasteiger partial charge in [-0.3, -0.25) is 0 Å². The maximum atomic E-state index is 6.33. The molecule has 4 rings (SSSR count). The van der Waals surface area contributed by atoms with Crippen LogP contribution in [0.25, 0.3) is 11.1 Å². The van der Waals surface area contributed by atoms with Crippen LogP contribution in [0.15, 0.2) is 48.5 Å². The molecule has 0 aromatic heterocycles. The zero-order chi connectivity index (χ0) is 33.4. The van der Waals surface area contributed by atoms with Crippen molar-refractivity contribution < 1.29 is 56.8 Å². The SMILES string of the molecule is COc1cc(OC)c(Oc2c(OC)cc(-c3cc(OC)c(Oc4c(OC)cc(OC)cc4OC)c(OC)c3)cc2OC)c(OC)c1. The highest BCUT2D eigenvalue weighted by Crippen LogP contribution is 2.52. The van der Waals surface area contributed by atoms with Gasteiger partial charge in [-0.2, -0.15) is 0 Å². The van der Waals surface area contributed by atoms with Crippen molar-refractivity contribution in [2.45, 2.75) is 0 Å². The first-order valence-electron chi connectivity index (χ1n) is 13.8. The van der Waals surface area contributed by atoms with Crippen LogP contribution >= 0.6 is 0 Å². The summed E-state index contributed by atoms with van der Waals surface area (Å²) in [6, 6.07) is 13.9. The van der Waals surface area contributed by atoms with Crippen molar-refractivity contribution in [3.8, 4) is 91.6 Å². The molecule has 246 valence electrons. The summed E-state index contributed by atoms with van der Waals surface area (Å²) in [6.07, 6.45) is 0. The first-order chi connectivity index (χ1) is 22.3. The van der Waals surface area contributed by atoms with E-state index in [1.807, 2.05) is 0 Å². The van der Waals surface area contributed by atoms with Crippen LogP contribution in [-0.4, -0.2) is 71.1 Å². The van der Waals surface area contributed by atoms with Gasteiger partial charge >= 0.3 is 0 Å². The van der Waals surface area contributed by atoms with Crippen LogP contribution in [0.3, 0.4) is 0 Å². The Kier molecular flexibility index (Phi) is 10.9. The van der Waals surface area contributed by atoms with E-state index < -0.39 is 0 Å². The number of hydrogen-bond acceptors (Lipinski definition) is 12. The van der Waals surface area contributed by atoms with E-state index in [-0.39, 0.29) is 0 Å². The average molecular weight is 639 g/mol. The van der Waals surface area contributed by atoms with Gasteiger partial charge in [0.1, 0.15) is 11.5 Å². The molecule has 0 fully saturated rings. The second kappa shape index (κ2) is 15.0. The summed E-state index contributed by atoms with van der Waals surface area (Å²) in [6.45, 7) is 0. The fraction of sp³-hybridized carbons (Fsp3) is 0.294. The normalized spacial score (nSPS) is 10.4. The molecule has 4 aromatic rings. The molecule has 0 heterocycles. The highest BCUT2D eigenvalue weighted by atomic mass is 16.6. The molecule has 0 saturated carbocycles. The van der Waals surface area contributed by atoms with Gasteiger partial charge in [-0.1, -0.05) is 0 Å². The third-order valence-corrected chi connectivity index (χ3v) is 7.00. The minimum atomic E-state index is 0.299. The van der Waals surface area contributed by atoms with E-state index in [0.717, 1.165) is 0 Å². The molecule has 12 nitrogen and oxygen atoms in total. The monoisotopic (exact) mass is 638 g/mol. The van der Waals surface area contributed by atoms with E-state index in [1.54, 1.807) is 62.8 Å². The molecule has 4 aromatic carbocycles. The van der Waals surface area contributed by atoms with Gasteiger partial charge in [0, 0.05) is 24.3 Å². The summed E-state index contributed by atoms with van der Waals surface area (Å²) in [5.41, 5.74) is 1.41. The van der Waals surface area contributed by atoms with Crippen molar-refractivity contribution in [1.29, 1.82) is 0 Å². The summed E-state index contributed by atoms with van der Waals surface area (Å²) in [5, 5.41) is 0. The Morgan fingerprint density at radius 1 is 0.261 bits per heavy atom. The lowest BCUT2D eigenvalue weighted by molar-refractivity contribution is 0.313. The summed E-state index contributed by atoms with van der Waals surface area (Å²) >= 11 is 0. The smallest absolute Gasteiger partial charge is 0.211 e. The van der Waals surface area contributed by atoms with Crippen LogP contribution < -0.4 is 56.8 Å². The lowest BCUT2D eigenvalue weighted by Gasteiger charge is -2.21. The Morgan fingerprint density at radius 2 is 0.457 bits per heavy atom. The number of rotatable bonds is 15. The van der Waals surface area contributed by atoms with Gasteiger partial charge in [0.05, 0.1) is 71.1 Å². The average Bonchev–Trinajstić information content (AvgIpc) is 3.11.